The summed E-state index contributed by atoms with van der Waals surface area (Å²) in [5.41, 5.74) is 0.999. The minimum absolute atomic E-state index is 0.0974. The maximum absolute atomic E-state index is 13.3. The number of fused-ring (bicyclic) bond motifs is 1. The van der Waals surface area contributed by atoms with Crippen LogP contribution in [0, 0.1) is 0 Å². The summed E-state index contributed by atoms with van der Waals surface area (Å²) in [5, 5.41) is 1.92. The molecule has 0 spiro atoms. The zero-order valence-electron chi connectivity index (χ0n) is 18.0. The molecule has 0 aliphatic carbocycles. The van der Waals surface area contributed by atoms with Crippen LogP contribution in [-0.2, 0) is 19.6 Å². The third-order valence-electron chi connectivity index (χ3n) is 5.75. The number of carbonyl (C=O) groups excluding carboxylic acids is 2. The first-order chi connectivity index (χ1) is 15.4. The van der Waals surface area contributed by atoms with E-state index in [4.69, 9.17) is 0 Å². The van der Waals surface area contributed by atoms with Crippen molar-refractivity contribution in [1.82, 2.24) is 4.90 Å². The Balaban J connectivity index is 1.58. The molecule has 0 saturated carbocycles. The standard InChI is InChI=1S/C23H27N3O4S2/c1-2-26(17-10-6-5-7-11-17)32(29,30)18-12-13-20-19(16-18)24-22(27)21(31-20)23(28)25-14-8-3-4-9-15-25/h5-7,10-13,16,21H,2-4,8-9,14-15H2,1H3,(H,24,27). The van der Waals surface area contributed by atoms with E-state index in [2.05, 4.69) is 5.32 Å². The highest BCUT2D eigenvalue weighted by Crippen LogP contribution is 2.38. The largest absolute Gasteiger partial charge is 0.341 e. The lowest BCUT2D eigenvalue weighted by Crippen LogP contribution is -2.45. The number of hydrogen-bond acceptors (Lipinski definition) is 5. The first-order valence-electron chi connectivity index (χ1n) is 10.9. The third kappa shape index (κ3) is 4.49. The fourth-order valence-electron chi connectivity index (χ4n) is 4.08. The quantitative estimate of drug-likeness (QED) is 0.669. The van der Waals surface area contributed by atoms with Gasteiger partial charge in [0.25, 0.3) is 10.0 Å². The number of amides is 2. The molecule has 2 aliphatic rings. The van der Waals surface area contributed by atoms with E-state index < -0.39 is 21.2 Å². The van der Waals surface area contributed by atoms with Crippen LogP contribution < -0.4 is 9.62 Å². The summed E-state index contributed by atoms with van der Waals surface area (Å²) in [6, 6.07) is 13.6. The Kier molecular flexibility index (Phi) is 6.76. The normalized spacial score (nSPS) is 19.0. The summed E-state index contributed by atoms with van der Waals surface area (Å²) in [4.78, 5) is 28.3. The number of hydrogen-bond donors (Lipinski definition) is 1. The number of sulfonamides is 1. The van der Waals surface area contributed by atoms with E-state index in [1.54, 1.807) is 42.2 Å². The zero-order chi connectivity index (χ0) is 22.7. The van der Waals surface area contributed by atoms with Crippen molar-refractivity contribution in [3.8, 4) is 0 Å². The molecule has 2 aromatic rings. The van der Waals surface area contributed by atoms with E-state index in [9.17, 15) is 18.0 Å². The molecule has 2 heterocycles. The molecule has 1 fully saturated rings. The molecule has 9 heteroatoms. The molecule has 1 saturated heterocycles. The van der Waals surface area contributed by atoms with Gasteiger partial charge < -0.3 is 10.2 Å². The second-order valence-electron chi connectivity index (χ2n) is 7.89. The van der Waals surface area contributed by atoms with Gasteiger partial charge in [-0.05, 0) is 50.1 Å². The number of rotatable bonds is 5. The molecule has 32 heavy (non-hydrogen) atoms. The summed E-state index contributed by atoms with van der Waals surface area (Å²) in [7, 11) is -3.81. The minimum Gasteiger partial charge on any atom is -0.341 e. The Morgan fingerprint density at radius 3 is 2.44 bits per heavy atom. The van der Waals surface area contributed by atoms with Gasteiger partial charge in [-0.15, -0.1) is 11.8 Å². The van der Waals surface area contributed by atoms with E-state index >= 15 is 0 Å². The van der Waals surface area contributed by atoms with Crippen molar-refractivity contribution < 1.29 is 18.0 Å². The van der Waals surface area contributed by atoms with E-state index in [1.165, 1.54) is 28.2 Å². The zero-order valence-corrected chi connectivity index (χ0v) is 19.6. The summed E-state index contributed by atoms with van der Waals surface area (Å²) >= 11 is 1.19. The van der Waals surface area contributed by atoms with Crippen LogP contribution in [0.15, 0.2) is 58.3 Å². The van der Waals surface area contributed by atoms with Gasteiger partial charge in [0.1, 0.15) is 0 Å². The van der Waals surface area contributed by atoms with Gasteiger partial charge in [-0.25, -0.2) is 8.42 Å². The van der Waals surface area contributed by atoms with Crippen LogP contribution in [0.1, 0.15) is 32.6 Å². The second kappa shape index (κ2) is 9.54. The average Bonchev–Trinajstić information content (AvgIpc) is 3.08. The highest BCUT2D eigenvalue weighted by molar-refractivity contribution is 8.01. The predicted octanol–water partition coefficient (Wildman–Crippen LogP) is 3.72. The second-order valence-corrected chi connectivity index (χ2v) is 10.9. The van der Waals surface area contributed by atoms with Crippen molar-refractivity contribution >= 4 is 45.0 Å². The third-order valence-corrected chi connectivity index (χ3v) is 8.91. The minimum atomic E-state index is -3.81. The molecule has 4 rings (SSSR count). The summed E-state index contributed by atoms with van der Waals surface area (Å²) in [5.74, 6) is -0.570. The number of likely N-dealkylation sites (tertiary alicyclic amines) is 1. The lowest BCUT2D eigenvalue weighted by Gasteiger charge is -2.29. The number of thioether (sulfide) groups is 1. The molecule has 0 radical (unpaired) electrons. The van der Waals surface area contributed by atoms with Crippen LogP contribution in [0.25, 0.3) is 0 Å². The number of nitrogens with one attached hydrogen (secondary N) is 1. The molecule has 0 aromatic heterocycles. The lowest BCUT2D eigenvalue weighted by molar-refractivity contribution is -0.133. The first kappa shape index (κ1) is 22.7. The molecule has 2 amide bonds. The molecular weight excluding hydrogens is 446 g/mol. The summed E-state index contributed by atoms with van der Waals surface area (Å²) in [6.07, 6.45) is 4.12. The van der Waals surface area contributed by atoms with Crippen LogP contribution in [0.3, 0.4) is 0 Å². The van der Waals surface area contributed by atoms with E-state index in [0.29, 0.717) is 29.4 Å². The van der Waals surface area contributed by atoms with Crippen molar-refractivity contribution in [3.63, 3.8) is 0 Å². The Bertz CT molecular complexity index is 1100. The lowest BCUT2D eigenvalue weighted by atomic mass is 10.2. The van der Waals surface area contributed by atoms with Crippen LogP contribution in [-0.4, -0.2) is 50.0 Å². The van der Waals surface area contributed by atoms with Crippen molar-refractivity contribution in [3.05, 3.63) is 48.5 Å². The van der Waals surface area contributed by atoms with Gasteiger partial charge in [-0.2, -0.15) is 0 Å². The fourth-order valence-corrected chi connectivity index (χ4v) is 6.63. The monoisotopic (exact) mass is 473 g/mol. The smallest absolute Gasteiger partial charge is 0.264 e. The Morgan fingerprint density at radius 1 is 1.09 bits per heavy atom. The van der Waals surface area contributed by atoms with Crippen molar-refractivity contribution in [2.75, 3.05) is 29.3 Å². The van der Waals surface area contributed by atoms with E-state index in [1.807, 2.05) is 6.07 Å². The molecule has 1 atom stereocenters. The molecule has 7 nitrogen and oxygen atoms in total. The van der Waals surface area contributed by atoms with Crippen molar-refractivity contribution in [1.29, 1.82) is 0 Å². The van der Waals surface area contributed by atoms with Crippen LogP contribution in [0.4, 0.5) is 11.4 Å². The van der Waals surface area contributed by atoms with Gasteiger partial charge >= 0.3 is 0 Å². The van der Waals surface area contributed by atoms with Gasteiger partial charge in [-0.3, -0.25) is 13.9 Å². The molecule has 170 valence electrons. The van der Waals surface area contributed by atoms with Gasteiger partial charge in [0, 0.05) is 24.5 Å². The number of benzene rings is 2. The van der Waals surface area contributed by atoms with Gasteiger partial charge in [0.05, 0.1) is 16.3 Å². The summed E-state index contributed by atoms with van der Waals surface area (Å²) < 4.78 is 27.9. The Hall–Kier alpha value is -2.52. The van der Waals surface area contributed by atoms with Crippen LogP contribution in [0.5, 0.6) is 0 Å². The molecule has 2 aliphatic heterocycles. The van der Waals surface area contributed by atoms with E-state index in [0.717, 1.165) is 25.7 Å². The maximum atomic E-state index is 13.3. The predicted molar refractivity (Wildman–Crippen MR) is 126 cm³/mol. The Morgan fingerprint density at radius 2 is 1.78 bits per heavy atom. The fraction of sp³-hybridized carbons (Fsp3) is 0.391. The van der Waals surface area contributed by atoms with Crippen LogP contribution >= 0.6 is 11.8 Å². The highest BCUT2D eigenvalue weighted by Gasteiger charge is 2.36. The SMILES string of the molecule is CCN(c1ccccc1)S(=O)(=O)c1ccc2c(c1)NC(=O)C(C(=O)N1CCCCCC1)S2. The maximum Gasteiger partial charge on any atom is 0.264 e. The van der Waals surface area contributed by atoms with Crippen molar-refractivity contribution in [2.24, 2.45) is 0 Å². The highest BCUT2D eigenvalue weighted by atomic mass is 32.2. The number of nitrogens with zero attached hydrogens (tertiary/aromatic N) is 2. The molecule has 0 bridgehead atoms. The molecule has 2 aromatic carbocycles. The molecule has 1 N–H and O–H groups in total. The molecule has 1 unspecified atom stereocenters. The first-order valence-corrected chi connectivity index (χ1v) is 13.2. The summed E-state index contributed by atoms with van der Waals surface area (Å²) in [6.45, 7) is 3.41. The average molecular weight is 474 g/mol. The van der Waals surface area contributed by atoms with Gasteiger partial charge in [0.2, 0.25) is 11.8 Å². The number of para-hydroxylation sites is 1. The van der Waals surface area contributed by atoms with Gasteiger partial charge in [-0.1, -0.05) is 31.0 Å². The number of carbonyl (C=O) groups is 2. The number of anilines is 2. The molecular formula is C23H27N3O4S2. The van der Waals surface area contributed by atoms with Crippen molar-refractivity contribution in [2.45, 2.75) is 47.6 Å². The van der Waals surface area contributed by atoms with E-state index in [-0.39, 0.29) is 17.3 Å². The van der Waals surface area contributed by atoms with Crippen LogP contribution in [0.2, 0.25) is 0 Å². The topological polar surface area (TPSA) is 86.8 Å². The Labute approximate surface area is 193 Å². The van der Waals surface area contributed by atoms with Gasteiger partial charge in [0.15, 0.2) is 5.25 Å².